The number of esters is 2. The van der Waals surface area contributed by atoms with Crippen molar-refractivity contribution in [2.75, 3.05) is 26.4 Å². The van der Waals surface area contributed by atoms with Gasteiger partial charge in [-0.05, 0) is 57.8 Å². The van der Waals surface area contributed by atoms with E-state index in [4.69, 9.17) is 28.4 Å². The van der Waals surface area contributed by atoms with Gasteiger partial charge in [0.2, 0.25) is 0 Å². The molecule has 0 bridgehead atoms. The van der Waals surface area contributed by atoms with Crippen LogP contribution in [0, 0.1) is 0 Å². The van der Waals surface area contributed by atoms with E-state index in [1.807, 2.05) is 36.5 Å². The first kappa shape index (κ1) is 59.3. The Labute approximate surface area is 394 Å². The van der Waals surface area contributed by atoms with E-state index in [1.54, 1.807) is 0 Å². The van der Waals surface area contributed by atoms with E-state index >= 15 is 0 Å². The summed E-state index contributed by atoms with van der Waals surface area (Å²) in [6, 6.07) is 0. The molecule has 0 aromatic carbocycles. The van der Waals surface area contributed by atoms with Gasteiger partial charge < -0.3 is 64.2 Å². The van der Waals surface area contributed by atoms with Crippen LogP contribution in [0.5, 0.6) is 0 Å². The zero-order chi connectivity index (χ0) is 48.2. The summed E-state index contributed by atoms with van der Waals surface area (Å²) in [6.07, 6.45) is 25.3. The summed E-state index contributed by atoms with van der Waals surface area (Å²) in [7, 11) is 0. The summed E-state index contributed by atoms with van der Waals surface area (Å²) in [5.74, 6) is -0.966. The fraction of sp³-hybridized carbons (Fsp3) is 0.765. The van der Waals surface area contributed by atoms with Gasteiger partial charge in [0.15, 0.2) is 18.7 Å². The number of hydrogen-bond donors (Lipinski definition) is 7. The predicted molar refractivity (Wildman–Crippen MR) is 252 cm³/mol. The van der Waals surface area contributed by atoms with Gasteiger partial charge in [-0.1, -0.05) is 145 Å². The van der Waals surface area contributed by atoms with Gasteiger partial charge in [-0.15, -0.1) is 0 Å². The van der Waals surface area contributed by atoms with Crippen LogP contribution in [0.3, 0.4) is 0 Å². The molecule has 2 rings (SSSR count). The van der Waals surface area contributed by atoms with Crippen LogP contribution in [0.1, 0.15) is 155 Å². The number of aliphatic hydroxyl groups excluding tert-OH is 7. The van der Waals surface area contributed by atoms with E-state index in [-0.39, 0.29) is 19.4 Å². The van der Waals surface area contributed by atoms with Crippen LogP contribution in [-0.4, -0.2) is 142 Å². The highest BCUT2D eigenvalue weighted by Crippen LogP contribution is 2.26. The normalized spacial score (nSPS) is 26.7. The third-order valence-corrected chi connectivity index (χ3v) is 11.6. The van der Waals surface area contributed by atoms with Crippen molar-refractivity contribution in [1.82, 2.24) is 0 Å². The van der Waals surface area contributed by atoms with E-state index < -0.39 is 99.3 Å². The van der Waals surface area contributed by atoms with Crippen molar-refractivity contribution >= 4 is 11.9 Å². The third-order valence-electron chi connectivity index (χ3n) is 11.6. The Bertz CT molecular complexity index is 1380. The van der Waals surface area contributed by atoms with Crippen LogP contribution < -0.4 is 0 Å². The molecule has 2 heterocycles. The molecule has 2 aliphatic rings. The fourth-order valence-corrected chi connectivity index (χ4v) is 7.46. The molecule has 2 aliphatic heterocycles. The quantitative estimate of drug-likeness (QED) is 0.0153. The van der Waals surface area contributed by atoms with Gasteiger partial charge in [-0.2, -0.15) is 0 Å². The maximum atomic E-state index is 13.0. The highest BCUT2D eigenvalue weighted by atomic mass is 16.7. The van der Waals surface area contributed by atoms with Crippen molar-refractivity contribution in [3.63, 3.8) is 0 Å². The average molecular weight is 939 g/mol. The highest BCUT2D eigenvalue weighted by Gasteiger charge is 2.47. The molecule has 66 heavy (non-hydrogen) atoms. The zero-order valence-electron chi connectivity index (χ0n) is 39.9. The largest absolute Gasteiger partial charge is 0.462 e. The molecule has 0 aromatic rings. The lowest BCUT2D eigenvalue weighted by molar-refractivity contribution is -0.332. The second-order valence-corrected chi connectivity index (χ2v) is 17.3. The van der Waals surface area contributed by atoms with Gasteiger partial charge in [0.25, 0.3) is 0 Å². The summed E-state index contributed by atoms with van der Waals surface area (Å²) in [4.78, 5) is 25.7. The van der Waals surface area contributed by atoms with Gasteiger partial charge in [-0.25, -0.2) is 0 Å². The lowest BCUT2D eigenvalue weighted by Crippen LogP contribution is -2.61. The zero-order valence-corrected chi connectivity index (χ0v) is 39.9. The van der Waals surface area contributed by atoms with Gasteiger partial charge in [-0.3, -0.25) is 9.59 Å². The average Bonchev–Trinajstić information content (AvgIpc) is 3.31. The van der Waals surface area contributed by atoms with Crippen LogP contribution >= 0.6 is 0 Å². The van der Waals surface area contributed by atoms with Crippen molar-refractivity contribution in [2.24, 2.45) is 0 Å². The summed E-state index contributed by atoms with van der Waals surface area (Å²) in [5.41, 5.74) is 0. The summed E-state index contributed by atoms with van der Waals surface area (Å²) < 4.78 is 33.5. The second kappa shape index (κ2) is 38.1. The molecular formula is C51H86O15. The van der Waals surface area contributed by atoms with E-state index in [9.17, 15) is 45.3 Å². The fourth-order valence-electron chi connectivity index (χ4n) is 7.46. The van der Waals surface area contributed by atoms with Crippen molar-refractivity contribution in [3.05, 3.63) is 60.8 Å². The van der Waals surface area contributed by atoms with Crippen molar-refractivity contribution in [2.45, 2.75) is 223 Å². The molecule has 15 heteroatoms. The summed E-state index contributed by atoms with van der Waals surface area (Å²) >= 11 is 0. The van der Waals surface area contributed by atoms with Gasteiger partial charge in [0.05, 0.1) is 19.8 Å². The Kier molecular flexibility index (Phi) is 34.2. The standard InChI is InChI=1S/C51H86O15/c1-3-5-7-9-11-13-15-17-19-21-23-25-27-29-31-33-42(53)61-36-39(64-43(54)34-32-30-28-26-24-22-20-18-16-14-12-10-8-6-4-2)37-62-50-49(60)47(58)45(56)41(66-50)38-63-51-48(59)46(57)44(55)40(35-52)65-51/h5,7,9,11,13,15,17-20,39-41,44-52,55-60H,3-4,6,8,10,12,14,16,21-38H2,1-2H3/b7-5+,11-9+,15-13+,19-17+,20-18+/t39-,40-,41-,44+,45+,46?,47?,48?,49?,50-,51-/m1/s1. The molecule has 0 spiro atoms. The molecule has 7 N–H and O–H groups in total. The molecule has 4 unspecified atom stereocenters. The number of unbranched alkanes of at least 4 members (excludes halogenated alkanes) is 16. The van der Waals surface area contributed by atoms with Crippen molar-refractivity contribution < 1.29 is 73.8 Å². The topological polar surface area (TPSA) is 231 Å². The van der Waals surface area contributed by atoms with Crippen molar-refractivity contribution in [3.8, 4) is 0 Å². The summed E-state index contributed by atoms with van der Waals surface area (Å²) in [6.45, 7) is 2.39. The van der Waals surface area contributed by atoms with Gasteiger partial charge in [0.1, 0.15) is 55.4 Å². The Morgan fingerprint density at radius 1 is 0.500 bits per heavy atom. The smallest absolute Gasteiger partial charge is 0.306 e. The van der Waals surface area contributed by atoms with Crippen LogP contribution in [0.4, 0.5) is 0 Å². The van der Waals surface area contributed by atoms with E-state index in [0.29, 0.717) is 12.8 Å². The Balaban J connectivity index is 1.84. The Hall–Kier alpha value is -2.80. The van der Waals surface area contributed by atoms with Crippen LogP contribution in [0.15, 0.2) is 60.8 Å². The van der Waals surface area contributed by atoms with E-state index in [2.05, 4.69) is 38.2 Å². The molecule has 2 fully saturated rings. The molecule has 0 aliphatic carbocycles. The van der Waals surface area contributed by atoms with Crippen molar-refractivity contribution in [1.29, 1.82) is 0 Å². The first-order valence-corrected chi connectivity index (χ1v) is 24.9. The minimum absolute atomic E-state index is 0.147. The van der Waals surface area contributed by atoms with Gasteiger partial charge >= 0.3 is 11.9 Å². The predicted octanol–water partition coefficient (Wildman–Crippen LogP) is 6.49. The molecule has 380 valence electrons. The molecule has 15 nitrogen and oxygen atoms in total. The molecular weight excluding hydrogens is 853 g/mol. The number of rotatable bonds is 37. The first-order valence-electron chi connectivity index (χ1n) is 24.9. The SMILES string of the molecule is CC/C=C/C=C/C=C/C=C/CCCCCCCC(=O)OC[C@H](CO[C@@H]1O[C@H](CO[C@@H]2O[C@H](CO)[C@H](O)C(O)C2O)[C@H](O)C(O)C1O)OC(=O)CCCCCCC/C=C/CCCCCCCC. The number of ether oxygens (including phenoxy) is 6. The molecule has 2 saturated heterocycles. The van der Waals surface area contributed by atoms with E-state index in [1.165, 1.54) is 38.5 Å². The molecule has 11 atom stereocenters. The Morgan fingerprint density at radius 2 is 0.970 bits per heavy atom. The van der Waals surface area contributed by atoms with Crippen LogP contribution in [-0.2, 0) is 38.0 Å². The Morgan fingerprint density at radius 3 is 1.55 bits per heavy atom. The van der Waals surface area contributed by atoms with Crippen LogP contribution in [0.25, 0.3) is 0 Å². The number of carbonyl (C=O) groups is 2. The monoisotopic (exact) mass is 939 g/mol. The first-order chi connectivity index (χ1) is 32.0. The minimum Gasteiger partial charge on any atom is -0.462 e. The number of allylic oxidation sites excluding steroid dienone is 10. The molecule has 0 radical (unpaired) electrons. The lowest BCUT2D eigenvalue weighted by Gasteiger charge is -2.42. The van der Waals surface area contributed by atoms with E-state index in [0.717, 1.165) is 77.0 Å². The minimum atomic E-state index is -1.77. The summed E-state index contributed by atoms with van der Waals surface area (Å²) in [5, 5.41) is 72.0. The third kappa shape index (κ3) is 26.1. The number of carbonyl (C=O) groups excluding carboxylic acids is 2. The van der Waals surface area contributed by atoms with Gasteiger partial charge in [0, 0.05) is 12.8 Å². The second-order valence-electron chi connectivity index (χ2n) is 17.3. The molecule has 0 saturated carbocycles. The molecule has 0 aromatic heterocycles. The lowest BCUT2D eigenvalue weighted by atomic mass is 9.98. The number of aliphatic hydroxyl groups is 7. The van der Waals surface area contributed by atoms with Crippen LogP contribution in [0.2, 0.25) is 0 Å². The maximum absolute atomic E-state index is 13.0. The highest BCUT2D eigenvalue weighted by molar-refractivity contribution is 5.70. The molecule has 0 amide bonds. The number of hydrogen-bond acceptors (Lipinski definition) is 15. The maximum Gasteiger partial charge on any atom is 0.306 e.